The van der Waals surface area contributed by atoms with Crippen LogP contribution < -0.4 is 15.4 Å². The van der Waals surface area contributed by atoms with E-state index in [2.05, 4.69) is 27.5 Å². The van der Waals surface area contributed by atoms with E-state index < -0.39 is 6.04 Å². The number of carbonyl (C=O) groups is 2. The van der Waals surface area contributed by atoms with Crippen molar-refractivity contribution in [2.75, 3.05) is 65.1 Å². The Bertz CT molecular complexity index is 1410. The number of rotatable bonds is 9. The Morgan fingerprint density at radius 2 is 1.90 bits per heavy atom. The van der Waals surface area contributed by atoms with Crippen molar-refractivity contribution in [3.63, 3.8) is 0 Å². The zero-order valence-corrected chi connectivity index (χ0v) is 25.5. The van der Waals surface area contributed by atoms with Crippen LogP contribution in [-0.4, -0.2) is 102 Å². The second-order valence-corrected chi connectivity index (χ2v) is 10.6. The van der Waals surface area contributed by atoms with Crippen LogP contribution in [-0.2, 0) is 22.6 Å². The molecule has 11 nitrogen and oxygen atoms in total. The number of carbonyl (C=O) groups excluding carboxylic acids is 2. The number of phenols is 1. The molecule has 2 aromatic carbocycles. The Morgan fingerprint density at radius 3 is 2.55 bits per heavy atom. The first-order valence-electron chi connectivity index (χ1n) is 14.0. The molecule has 0 fully saturated rings. The first kappa shape index (κ1) is 32.1. The SMILES string of the molecule is C=CC(=O)N(CC)C(C)C(=O)N(C)C.CN(C)CCOc1nc(N)c2c(n1)CN(c1cc(O)cc3ccccc13)CC2. The molecule has 11 heteroatoms. The maximum atomic E-state index is 11.6. The Balaban J connectivity index is 0.000000295. The lowest BCUT2D eigenvalue weighted by atomic mass is 10.0. The highest BCUT2D eigenvalue weighted by molar-refractivity contribution is 5.96. The van der Waals surface area contributed by atoms with Gasteiger partial charge in [-0.1, -0.05) is 30.8 Å². The number of nitrogens with two attached hydrogens (primary N) is 1. The average molecular weight is 578 g/mol. The lowest BCUT2D eigenvalue weighted by molar-refractivity contribution is -0.140. The molecular weight excluding hydrogens is 534 g/mol. The molecule has 2 amide bonds. The van der Waals surface area contributed by atoms with Crippen molar-refractivity contribution in [1.29, 1.82) is 0 Å². The molecule has 0 bridgehead atoms. The van der Waals surface area contributed by atoms with Crippen molar-refractivity contribution in [2.24, 2.45) is 0 Å². The Hall–Kier alpha value is -4.38. The topological polar surface area (TPSA) is 128 Å². The molecule has 3 aromatic rings. The fourth-order valence-corrected chi connectivity index (χ4v) is 4.81. The van der Waals surface area contributed by atoms with E-state index in [9.17, 15) is 14.7 Å². The number of aromatic hydroxyl groups is 1. The molecule has 0 aliphatic carbocycles. The molecule has 226 valence electrons. The quantitative estimate of drug-likeness (QED) is 0.369. The molecule has 1 aromatic heterocycles. The van der Waals surface area contributed by atoms with Crippen LogP contribution in [0.5, 0.6) is 11.8 Å². The molecule has 4 rings (SSSR count). The number of phenolic OH excluding ortho intramolecular Hbond substituents is 1. The first-order valence-corrected chi connectivity index (χ1v) is 14.0. The number of aromatic nitrogens is 2. The minimum atomic E-state index is -0.430. The monoisotopic (exact) mass is 577 g/mol. The average Bonchev–Trinajstić information content (AvgIpc) is 2.96. The van der Waals surface area contributed by atoms with E-state index in [0.29, 0.717) is 31.5 Å². The number of amides is 2. The van der Waals surface area contributed by atoms with Gasteiger partial charge in [-0.05, 0) is 51.9 Å². The van der Waals surface area contributed by atoms with Crippen molar-refractivity contribution >= 4 is 34.1 Å². The first-order chi connectivity index (χ1) is 20.0. The Kier molecular flexibility index (Phi) is 11.1. The maximum absolute atomic E-state index is 11.6. The van der Waals surface area contributed by atoms with E-state index in [1.54, 1.807) is 27.1 Å². The summed E-state index contributed by atoms with van der Waals surface area (Å²) in [4.78, 5) is 39.1. The summed E-state index contributed by atoms with van der Waals surface area (Å²) in [5.74, 6) is 0.455. The highest BCUT2D eigenvalue weighted by Gasteiger charge is 2.25. The number of ether oxygens (including phenoxy) is 1. The van der Waals surface area contributed by atoms with E-state index in [1.165, 1.54) is 15.9 Å². The largest absolute Gasteiger partial charge is 0.508 e. The van der Waals surface area contributed by atoms with Crippen LogP contribution in [0, 0.1) is 0 Å². The summed E-state index contributed by atoms with van der Waals surface area (Å²) in [6.07, 6.45) is 1.98. The van der Waals surface area contributed by atoms with Gasteiger partial charge in [-0.3, -0.25) is 9.59 Å². The van der Waals surface area contributed by atoms with E-state index in [0.717, 1.165) is 47.2 Å². The van der Waals surface area contributed by atoms with Gasteiger partial charge in [0.05, 0.1) is 12.2 Å². The number of hydrogen-bond donors (Lipinski definition) is 2. The summed E-state index contributed by atoms with van der Waals surface area (Å²) in [7, 11) is 7.32. The van der Waals surface area contributed by atoms with E-state index in [-0.39, 0.29) is 17.6 Å². The predicted molar refractivity (Wildman–Crippen MR) is 167 cm³/mol. The lowest BCUT2D eigenvalue weighted by Gasteiger charge is -2.31. The fraction of sp³-hybridized carbons (Fsp3) is 0.419. The number of likely N-dealkylation sites (N-methyl/N-ethyl adjacent to an activating group) is 3. The van der Waals surface area contributed by atoms with Crippen molar-refractivity contribution in [3.05, 3.63) is 60.3 Å². The van der Waals surface area contributed by atoms with Gasteiger partial charge in [0.2, 0.25) is 11.8 Å². The molecule has 1 aliphatic heterocycles. The highest BCUT2D eigenvalue weighted by atomic mass is 16.5. The number of nitrogens with zero attached hydrogens (tertiary/aromatic N) is 6. The molecule has 3 N–H and O–H groups in total. The Morgan fingerprint density at radius 1 is 1.19 bits per heavy atom. The van der Waals surface area contributed by atoms with Gasteiger partial charge in [-0.15, -0.1) is 0 Å². The third kappa shape index (κ3) is 7.88. The van der Waals surface area contributed by atoms with Crippen LogP contribution in [0.4, 0.5) is 11.5 Å². The summed E-state index contributed by atoms with van der Waals surface area (Å²) in [6.45, 7) is 10.1. The van der Waals surface area contributed by atoms with Crippen LogP contribution in [0.2, 0.25) is 0 Å². The van der Waals surface area contributed by atoms with E-state index in [1.807, 2.05) is 50.2 Å². The third-order valence-electron chi connectivity index (χ3n) is 7.08. The highest BCUT2D eigenvalue weighted by Crippen LogP contribution is 2.35. The van der Waals surface area contributed by atoms with Crippen LogP contribution in [0.15, 0.2) is 49.1 Å². The van der Waals surface area contributed by atoms with Gasteiger partial charge >= 0.3 is 6.01 Å². The van der Waals surface area contributed by atoms with Gasteiger partial charge in [0, 0.05) is 56.4 Å². The van der Waals surface area contributed by atoms with Crippen molar-refractivity contribution in [2.45, 2.75) is 32.9 Å². The molecule has 42 heavy (non-hydrogen) atoms. The molecule has 1 aliphatic rings. The minimum Gasteiger partial charge on any atom is -0.508 e. The van der Waals surface area contributed by atoms with Crippen LogP contribution in [0.3, 0.4) is 0 Å². The Labute approximate surface area is 248 Å². The number of benzene rings is 2. The van der Waals surface area contributed by atoms with Crippen LogP contribution in [0.25, 0.3) is 10.8 Å². The predicted octanol–water partition coefficient (Wildman–Crippen LogP) is 2.92. The second-order valence-electron chi connectivity index (χ2n) is 10.6. The zero-order chi connectivity index (χ0) is 31.0. The summed E-state index contributed by atoms with van der Waals surface area (Å²) in [5, 5.41) is 12.3. The van der Waals surface area contributed by atoms with Crippen molar-refractivity contribution in [1.82, 2.24) is 24.7 Å². The maximum Gasteiger partial charge on any atom is 0.318 e. The smallest absolute Gasteiger partial charge is 0.318 e. The molecular formula is C31H43N7O4. The standard InChI is InChI=1S/C21H25N5O2.C10H18N2O2/c1-25(2)9-10-28-21-23-18-13-26(8-7-17(18)20(22)24-21)19-12-15(27)11-14-5-3-4-6-16(14)19;1-6-9(13)12(7-2)8(3)10(14)11(4)5/h3-6,11-12,27H,7-10,13H2,1-2H3,(H2,22,23,24);6,8H,1,7H2,2-5H3. The minimum absolute atomic E-state index is 0.0814. The molecule has 2 heterocycles. The zero-order valence-electron chi connectivity index (χ0n) is 25.5. The molecule has 0 saturated heterocycles. The van der Waals surface area contributed by atoms with Gasteiger partial charge in [0.1, 0.15) is 24.2 Å². The second kappa shape index (κ2) is 14.5. The van der Waals surface area contributed by atoms with E-state index in [4.69, 9.17) is 10.5 Å². The van der Waals surface area contributed by atoms with Crippen LogP contribution >= 0.6 is 0 Å². The summed E-state index contributed by atoms with van der Waals surface area (Å²) >= 11 is 0. The lowest BCUT2D eigenvalue weighted by Crippen LogP contribution is -2.46. The van der Waals surface area contributed by atoms with Gasteiger partial charge in [0.15, 0.2) is 0 Å². The van der Waals surface area contributed by atoms with Gasteiger partial charge in [0.25, 0.3) is 0 Å². The number of nitrogen functional groups attached to an aromatic ring is 1. The number of anilines is 2. The van der Waals surface area contributed by atoms with Crippen LogP contribution in [0.1, 0.15) is 25.1 Å². The van der Waals surface area contributed by atoms with Gasteiger partial charge < -0.3 is 35.2 Å². The molecule has 1 atom stereocenters. The summed E-state index contributed by atoms with van der Waals surface area (Å²) in [6, 6.07) is 11.6. The number of hydrogen-bond acceptors (Lipinski definition) is 9. The molecule has 1 unspecified atom stereocenters. The number of fused-ring (bicyclic) bond motifs is 2. The normalized spacial score (nSPS) is 13.1. The van der Waals surface area contributed by atoms with Crippen molar-refractivity contribution < 1.29 is 19.4 Å². The molecule has 0 spiro atoms. The van der Waals surface area contributed by atoms with E-state index >= 15 is 0 Å². The molecule has 0 radical (unpaired) electrons. The molecule has 0 saturated carbocycles. The summed E-state index contributed by atoms with van der Waals surface area (Å²) < 4.78 is 5.69. The fourth-order valence-electron chi connectivity index (χ4n) is 4.81. The third-order valence-corrected chi connectivity index (χ3v) is 7.08. The van der Waals surface area contributed by atoms with Gasteiger partial charge in [-0.2, -0.15) is 9.97 Å². The van der Waals surface area contributed by atoms with Gasteiger partial charge in [-0.25, -0.2) is 0 Å². The summed E-state index contributed by atoms with van der Waals surface area (Å²) in [5.41, 5.74) is 9.03. The van der Waals surface area contributed by atoms with Crippen molar-refractivity contribution in [3.8, 4) is 11.8 Å².